The molecule has 0 bridgehead atoms. The van der Waals surface area contributed by atoms with Crippen molar-refractivity contribution in [1.82, 2.24) is 20.2 Å². The van der Waals surface area contributed by atoms with Gasteiger partial charge in [0.05, 0.1) is 11.6 Å². The van der Waals surface area contributed by atoms with Crippen LogP contribution in [0.25, 0.3) is 11.0 Å². The first-order chi connectivity index (χ1) is 12.8. The lowest BCUT2D eigenvalue weighted by molar-refractivity contribution is 0.299. The molecule has 3 aromatic rings. The molecule has 2 aromatic heterocycles. The lowest BCUT2D eigenvalue weighted by Gasteiger charge is -2.31. The van der Waals surface area contributed by atoms with Gasteiger partial charge in [-0.15, -0.1) is 0 Å². The summed E-state index contributed by atoms with van der Waals surface area (Å²) in [5, 5.41) is 17.1. The molecule has 6 heteroatoms. The molecule has 1 fully saturated rings. The third-order valence-electron chi connectivity index (χ3n) is 5.20. The Bertz CT molecular complexity index is 837. The Balaban J connectivity index is 1.72. The standard InChI is InChI=1S/C20H25N5O/c26-12-11-15-7-9-18(10-8-15)25(17-5-3-1-2-4-6-17)20-21-13-16-14-22-24-19(16)23-20/h7-10,13-14,17,26H,1-6,11-12H2,(H,21,22,23,24). The van der Waals surface area contributed by atoms with Crippen LogP contribution < -0.4 is 4.90 Å². The van der Waals surface area contributed by atoms with Gasteiger partial charge in [0.15, 0.2) is 5.65 Å². The Morgan fingerprint density at radius 2 is 1.81 bits per heavy atom. The zero-order chi connectivity index (χ0) is 17.8. The average Bonchev–Trinajstić information content (AvgIpc) is 2.98. The monoisotopic (exact) mass is 351 g/mol. The quantitative estimate of drug-likeness (QED) is 0.685. The van der Waals surface area contributed by atoms with Crippen molar-refractivity contribution in [2.75, 3.05) is 11.5 Å². The molecule has 4 rings (SSSR count). The molecule has 6 nitrogen and oxygen atoms in total. The zero-order valence-corrected chi connectivity index (χ0v) is 14.9. The largest absolute Gasteiger partial charge is 0.396 e. The molecule has 0 spiro atoms. The fourth-order valence-corrected chi connectivity index (χ4v) is 3.80. The first kappa shape index (κ1) is 17.0. The number of benzene rings is 1. The molecule has 0 unspecified atom stereocenters. The molecule has 1 aromatic carbocycles. The van der Waals surface area contributed by atoms with Crippen molar-refractivity contribution < 1.29 is 5.11 Å². The van der Waals surface area contributed by atoms with Gasteiger partial charge in [0.25, 0.3) is 0 Å². The van der Waals surface area contributed by atoms with Crippen molar-refractivity contribution in [3.05, 3.63) is 42.2 Å². The summed E-state index contributed by atoms with van der Waals surface area (Å²) in [5.74, 6) is 0.726. The van der Waals surface area contributed by atoms with Crippen LogP contribution >= 0.6 is 0 Å². The van der Waals surface area contributed by atoms with Crippen molar-refractivity contribution in [1.29, 1.82) is 0 Å². The van der Waals surface area contributed by atoms with E-state index >= 15 is 0 Å². The maximum absolute atomic E-state index is 9.15. The van der Waals surface area contributed by atoms with Crippen LogP contribution in [0.3, 0.4) is 0 Å². The average molecular weight is 351 g/mol. The summed E-state index contributed by atoms with van der Waals surface area (Å²) >= 11 is 0. The summed E-state index contributed by atoms with van der Waals surface area (Å²) in [6, 6.07) is 8.82. The number of rotatable bonds is 5. The fourth-order valence-electron chi connectivity index (χ4n) is 3.80. The minimum atomic E-state index is 0.172. The number of aromatic amines is 1. The third kappa shape index (κ3) is 3.55. The summed E-state index contributed by atoms with van der Waals surface area (Å²) in [4.78, 5) is 11.7. The van der Waals surface area contributed by atoms with E-state index in [2.05, 4.69) is 44.3 Å². The Kier molecular flexibility index (Phi) is 5.11. The molecule has 2 heterocycles. The molecule has 136 valence electrons. The van der Waals surface area contributed by atoms with E-state index in [4.69, 9.17) is 10.1 Å². The highest BCUT2D eigenvalue weighted by molar-refractivity contribution is 5.74. The van der Waals surface area contributed by atoms with Gasteiger partial charge in [-0.2, -0.15) is 10.1 Å². The number of aliphatic hydroxyl groups excluding tert-OH is 1. The first-order valence-corrected chi connectivity index (χ1v) is 9.50. The molecule has 1 saturated carbocycles. The van der Waals surface area contributed by atoms with Gasteiger partial charge in [0, 0.05) is 24.5 Å². The van der Waals surface area contributed by atoms with Crippen molar-refractivity contribution in [2.45, 2.75) is 51.0 Å². The number of anilines is 2. The molecule has 0 radical (unpaired) electrons. The van der Waals surface area contributed by atoms with Crippen LogP contribution in [-0.2, 0) is 6.42 Å². The minimum Gasteiger partial charge on any atom is -0.396 e. The number of fused-ring (bicyclic) bond motifs is 1. The number of aliphatic hydroxyl groups is 1. The van der Waals surface area contributed by atoms with Gasteiger partial charge in [-0.05, 0) is 37.0 Å². The van der Waals surface area contributed by atoms with Gasteiger partial charge in [-0.25, -0.2) is 4.98 Å². The van der Waals surface area contributed by atoms with Crippen molar-refractivity contribution in [3.8, 4) is 0 Å². The summed E-state index contributed by atoms with van der Waals surface area (Å²) in [5.41, 5.74) is 3.02. The summed E-state index contributed by atoms with van der Waals surface area (Å²) < 4.78 is 0. The lowest BCUT2D eigenvalue weighted by atomic mass is 10.1. The second-order valence-electron chi connectivity index (χ2n) is 7.00. The summed E-state index contributed by atoms with van der Waals surface area (Å²) in [6.07, 6.45) is 11.7. The van der Waals surface area contributed by atoms with E-state index in [0.29, 0.717) is 12.5 Å². The highest BCUT2D eigenvalue weighted by atomic mass is 16.2. The van der Waals surface area contributed by atoms with Crippen molar-refractivity contribution >= 4 is 22.7 Å². The molecule has 1 aliphatic carbocycles. The van der Waals surface area contributed by atoms with Crippen LogP contribution in [-0.4, -0.2) is 37.9 Å². The molecule has 26 heavy (non-hydrogen) atoms. The molecule has 2 N–H and O–H groups in total. The van der Waals surface area contributed by atoms with Gasteiger partial charge in [0.1, 0.15) is 0 Å². The Labute approximate surface area is 153 Å². The van der Waals surface area contributed by atoms with Crippen molar-refractivity contribution in [2.24, 2.45) is 0 Å². The van der Waals surface area contributed by atoms with Crippen LogP contribution in [0.1, 0.15) is 44.1 Å². The highest BCUT2D eigenvalue weighted by Crippen LogP contribution is 2.32. The smallest absolute Gasteiger partial charge is 0.232 e. The van der Waals surface area contributed by atoms with Gasteiger partial charge >= 0.3 is 0 Å². The number of H-pyrrole nitrogens is 1. The second-order valence-corrected chi connectivity index (χ2v) is 7.00. The molecule has 1 aliphatic rings. The van der Waals surface area contributed by atoms with E-state index in [9.17, 15) is 0 Å². The maximum Gasteiger partial charge on any atom is 0.232 e. The number of nitrogens with zero attached hydrogens (tertiary/aromatic N) is 4. The minimum absolute atomic E-state index is 0.172. The zero-order valence-electron chi connectivity index (χ0n) is 14.9. The summed E-state index contributed by atoms with van der Waals surface area (Å²) in [6.45, 7) is 0.172. The molecule has 0 aliphatic heterocycles. The van der Waals surface area contributed by atoms with Crippen LogP contribution in [0.4, 0.5) is 11.6 Å². The van der Waals surface area contributed by atoms with Gasteiger partial charge in [-0.3, -0.25) is 5.10 Å². The van der Waals surface area contributed by atoms with Crippen LogP contribution in [0, 0.1) is 0 Å². The van der Waals surface area contributed by atoms with E-state index < -0.39 is 0 Å². The predicted octanol–water partition coefficient (Wildman–Crippen LogP) is 3.75. The van der Waals surface area contributed by atoms with Gasteiger partial charge in [0.2, 0.25) is 5.95 Å². The second kappa shape index (κ2) is 7.83. The number of hydrogen-bond donors (Lipinski definition) is 2. The topological polar surface area (TPSA) is 77.9 Å². The van der Waals surface area contributed by atoms with Crippen LogP contribution in [0.5, 0.6) is 0 Å². The number of aromatic nitrogens is 4. The number of nitrogens with one attached hydrogen (secondary N) is 1. The lowest BCUT2D eigenvalue weighted by Crippen LogP contribution is -2.32. The van der Waals surface area contributed by atoms with E-state index in [1.54, 1.807) is 6.20 Å². The Morgan fingerprint density at radius 3 is 2.54 bits per heavy atom. The van der Waals surface area contributed by atoms with Gasteiger partial charge < -0.3 is 10.0 Å². The van der Waals surface area contributed by atoms with Crippen LogP contribution in [0.15, 0.2) is 36.7 Å². The number of hydrogen-bond acceptors (Lipinski definition) is 5. The fraction of sp³-hybridized carbons (Fsp3) is 0.450. The summed E-state index contributed by atoms with van der Waals surface area (Å²) in [7, 11) is 0. The first-order valence-electron chi connectivity index (χ1n) is 9.50. The molecule has 0 atom stereocenters. The SMILES string of the molecule is OCCc1ccc(N(c2ncc3cn[nH]c3n2)C2CCCCCC2)cc1. The Hall–Kier alpha value is -2.47. The molecule has 0 saturated heterocycles. The molecular weight excluding hydrogens is 326 g/mol. The van der Waals surface area contributed by atoms with E-state index in [-0.39, 0.29) is 6.61 Å². The van der Waals surface area contributed by atoms with E-state index in [1.807, 2.05) is 6.20 Å². The normalized spacial score (nSPS) is 15.9. The van der Waals surface area contributed by atoms with Gasteiger partial charge in [-0.1, -0.05) is 37.8 Å². The van der Waals surface area contributed by atoms with Crippen molar-refractivity contribution in [3.63, 3.8) is 0 Å². The maximum atomic E-state index is 9.15. The molecular formula is C20H25N5O. The van der Waals surface area contributed by atoms with E-state index in [1.165, 1.54) is 25.7 Å². The highest BCUT2D eigenvalue weighted by Gasteiger charge is 2.24. The predicted molar refractivity (Wildman–Crippen MR) is 103 cm³/mol. The third-order valence-corrected chi connectivity index (χ3v) is 5.20. The van der Waals surface area contributed by atoms with Crippen LogP contribution in [0.2, 0.25) is 0 Å². The molecule has 0 amide bonds. The van der Waals surface area contributed by atoms with E-state index in [0.717, 1.165) is 41.1 Å². The Morgan fingerprint density at radius 1 is 1.04 bits per heavy atom.